The first-order chi connectivity index (χ1) is 9.11. The molecule has 2 heterocycles. The molecule has 1 N–H and O–H groups in total. The summed E-state index contributed by atoms with van der Waals surface area (Å²) in [7, 11) is 3.54. The second kappa shape index (κ2) is 6.21. The van der Waals surface area contributed by atoms with Gasteiger partial charge in [0, 0.05) is 12.6 Å². The van der Waals surface area contributed by atoms with Crippen molar-refractivity contribution < 1.29 is 13.9 Å². The first-order valence-electron chi connectivity index (χ1n) is 6.70. The molecule has 0 aromatic carbocycles. The number of nitrogens with zero attached hydrogens (tertiary/aromatic N) is 1. The number of hydrogen-bond acceptors (Lipinski definition) is 5. The van der Waals surface area contributed by atoms with Gasteiger partial charge in [-0.05, 0) is 39.4 Å². The topological polar surface area (TPSA) is 54.7 Å². The van der Waals surface area contributed by atoms with E-state index in [0.717, 1.165) is 12.3 Å². The molecule has 2 rings (SSSR count). The van der Waals surface area contributed by atoms with E-state index in [0.29, 0.717) is 23.9 Å². The van der Waals surface area contributed by atoms with Gasteiger partial charge in [0.15, 0.2) is 0 Å². The van der Waals surface area contributed by atoms with E-state index < -0.39 is 0 Å². The molecule has 1 aromatic rings. The molecule has 1 aromatic heterocycles. The number of esters is 1. The van der Waals surface area contributed by atoms with Crippen molar-refractivity contribution in [1.82, 2.24) is 10.2 Å². The Bertz CT molecular complexity index is 442. The Labute approximate surface area is 113 Å². The summed E-state index contributed by atoms with van der Waals surface area (Å²) in [5.41, 5.74) is 0.511. The van der Waals surface area contributed by atoms with Crippen molar-refractivity contribution in [3.63, 3.8) is 0 Å². The summed E-state index contributed by atoms with van der Waals surface area (Å²) in [4.78, 5) is 13.8. The van der Waals surface area contributed by atoms with Gasteiger partial charge >= 0.3 is 5.97 Å². The van der Waals surface area contributed by atoms with Crippen molar-refractivity contribution in [1.29, 1.82) is 0 Å². The maximum absolute atomic E-state index is 11.5. The van der Waals surface area contributed by atoms with E-state index in [1.54, 1.807) is 13.0 Å². The molecule has 0 aliphatic carbocycles. The second-order valence-electron chi connectivity index (χ2n) is 5.08. The van der Waals surface area contributed by atoms with Crippen molar-refractivity contribution in [2.45, 2.75) is 32.4 Å². The zero-order valence-electron chi connectivity index (χ0n) is 11.9. The van der Waals surface area contributed by atoms with Gasteiger partial charge < -0.3 is 19.4 Å². The van der Waals surface area contributed by atoms with E-state index in [1.807, 2.05) is 0 Å². The van der Waals surface area contributed by atoms with Gasteiger partial charge in [0.05, 0.1) is 13.7 Å². The number of ether oxygens (including phenoxy) is 1. The summed E-state index contributed by atoms with van der Waals surface area (Å²) >= 11 is 0. The third-order valence-corrected chi connectivity index (χ3v) is 3.72. The van der Waals surface area contributed by atoms with E-state index in [9.17, 15) is 4.79 Å². The zero-order valence-corrected chi connectivity index (χ0v) is 11.9. The Morgan fingerprint density at radius 3 is 3.05 bits per heavy atom. The Morgan fingerprint density at radius 2 is 2.42 bits per heavy atom. The third-order valence-electron chi connectivity index (χ3n) is 3.72. The van der Waals surface area contributed by atoms with Crippen LogP contribution >= 0.6 is 0 Å². The van der Waals surface area contributed by atoms with Gasteiger partial charge in [-0.1, -0.05) is 0 Å². The largest absolute Gasteiger partial charge is 0.465 e. The minimum atomic E-state index is -0.344. The average molecular weight is 266 g/mol. The zero-order chi connectivity index (χ0) is 13.8. The molecule has 19 heavy (non-hydrogen) atoms. The van der Waals surface area contributed by atoms with Crippen LogP contribution in [0.25, 0.3) is 0 Å². The van der Waals surface area contributed by atoms with Crippen LogP contribution in [-0.4, -0.2) is 44.2 Å². The molecule has 1 aliphatic heterocycles. The molecule has 1 aliphatic rings. The Hall–Kier alpha value is -1.33. The fourth-order valence-electron chi connectivity index (χ4n) is 2.54. The highest BCUT2D eigenvalue weighted by Crippen LogP contribution is 2.16. The number of carbonyl (C=O) groups is 1. The van der Waals surface area contributed by atoms with Gasteiger partial charge in [-0.2, -0.15) is 0 Å². The summed E-state index contributed by atoms with van der Waals surface area (Å²) in [5.74, 6) is 1.04. The number of likely N-dealkylation sites (N-methyl/N-ethyl adjacent to an activating group) is 1. The standard InChI is InChI=1S/C14H22N2O3/c1-10-13(14(17)18-3)7-12(19-10)9-15-8-11-5-4-6-16(11)2/h7,11,15H,4-6,8-9H2,1-3H3. The molecule has 1 atom stereocenters. The molecule has 1 unspecified atom stereocenters. The molecule has 5 heteroatoms. The molecule has 0 bridgehead atoms. The minimum absolute atomic E-state index is 0.344. The van der Waals surface area contributed by atoms with E-state index in [2.05, 4.69) is 17.3 Å². The van der Waals surface area contributed by atoms with Crippen LogP contribution in [0.15, 0.2) is 10.5 Å². The van der Waals surface area contributed by atoms with Crippen LogP contribution in [0.5, 0.6) is 0 Å². The molecular formula is C14H22N2O3. The number of nitrogens with one attached hydrogen (secondary N) is 1. The first-order valence-corrected chi connectivity index (χ1v) is 6.70. The number of rotatable bonds is 5. The number of aryl methyl sites for hydroxylation is 1. The monoisotopic (exact) mass is 266 g/mol. The quantitative estimate of drug-likeness (QED) is 0.820. The lowest BCUT2D eigenvalue weighted by Gasteiger charge is -2.19. The van der Waals surface area contributed by atoms with E-state index in [4.69, 9.17) is 9.15 Å². The lowest BCUT2D eigenvalue weighted by atomic mass is 10.2. The maximum atomic E-state index is 11.5. The SMILES string of the molecule is COC(=O)c1cc(CNCC2CCCN2C)oc1C. The lowest BCUT2D eigenvalue weighted by Crippen LogP contribution is -2.35. The average Bonchev–Trinajstić information content (AvgIpc) is 2.96. The molecule has 1 fully saturated rings. The summed E-state index contributed by atoms with van der Waals surface area (Å²) < 4.78 is 10.3. The molecule has 106 valence electrons. The fourth-order valence-corrected chi connectivity index (χ4v) is 2.54. The van der Waals surface area contributed by atoms with Crippen LogP contribution in [0.3, 0.4) is 0 Å². The van der Waals surface area contributed by atoms with Crippen molar-refractivity contribution in [2.24, 2.45) is 0 Å². The van der Waals surface area contributed by atoms with Gasteiger partial charge in [-0.25, -0.2) is 4.79 Å². The Balaban J connectivity index is 1.84. The third kappa shape index (κ3) is 3.36. The number of methoxy groups -OCH3 is 1. The van der Waals surface area contributed by atoms with E-state index >= 15 is 0 Å². The lowest BCUT2D eigenvalue weighted by molar-refractivity contribution is 0.0599. The summed E-state index contributed by atoms with van der Waals surface area (Å²) in [6.45, 7) is 4.55. The van der Waals surface area contributed by atoms with E-state index in [-0.39, 0.29) is 5.97 Å². The van der Waals surface area contributed by atoms with Gasteiger partial charge in [0.2, 0.25) is 0 Å². The Morgan fingerprint density at radius 1 is 1.63 bits per heavy atom. The highest BCUT2D eigenvalue weighted by molar-refractivity contribution is 5.90. The van der Waals surface area contributed by atoms with Crippen molar-refractivity contribution >= 4 is 5.97 Å². The van der Waals surface area contributed by atoms with Crippen LogP contribution in [0.4, 0.5) is 0 Å². The van der Waals surface area contributed by atoms with Gasteiger partial charge in [0.1, 0.15) is 17.1 Å². The van der Waals surface area contributed by atoms with Crippen molar-refractivity contribution in [3.05, 3.63) is 23.2 Å². The fraction of sp³-hybridized carbons (Fsp3) is 0.643. The van der Waals surface area contributed by atoms with Crippen molar-refractivity contribution in [2.75, 3.05) is 27.2 Å². The molecule has 5 nitrogen and oxygen atoms in total. The van der Waals surface area contributed by atoms with Gasteiger partial charge in [0.25, 0.3) is 0 Å². The maximum Gasteiger partial charge on any atom is 0.341 e. The number of furan rings is 1. The van der Waals surface area contributed by atoms with Crippen LogP contribution in [0.2, 0.25) is 0 Å². The molecule has 0 saturated carbocycles. The van der Waals surface area contributed by atoms with Crippen LogP contribution in [0, 0.1) is 6.92 Å². The molecular weight excluding hydrogens is 244 g/mol. The second-order valence-corrected chi connectivity index (χ2v) is 5.08. The predicted molar refractivity (Wildman–Crippen MR) is 72.1 cm³/mol. The molecule has 0 radical (unpaired) electrons. The van der Waals surface area contributed by atoms with Crippen LogP contribution < -0.4 is 5.32 Å². The normalized spacial score (nSPS) is 19.8. The van der Waals surface area contributed by atoms with E-state index in [1.165, 1.54) is 26.5 Å². The summed E-state index contributed by atoms with van der Waals surface area (Å²) in [6.07, 6.45) is 2.52. The van der Waals surface area contributed by atoms with Crippen molar-refractivity contribution in [3.8, 4) is 0 Å². The predicted octanol–water partition coefficient (Wildman–Crippen LogP) is 1.56. The molecule has 1 saturated heterocycles. The number of hydrogen-bond donors (Lipinski definition) is 1. The first kappa shape index (κ1) is 14.1. The summed E-state index contributed by atoms with van der Waals surface area (Å²) in [5, 5.41) is 3.38. The van der Waals surface area contributed by atoms with Gasteiger partial charge in [-0.15, -0.1) is 0 Å². The smallest absolute Gasteiger partial charge is 0.341 e. The molecule has 0 amide bonds. The molecule has 0 spiro atoms. The van der Waals surface area contributed by atoms with Gasteiger partial charge in [-0.3, -0.25) is 0 Å². The minimum Gasteiger partial charge on any atom is -0.465 e. The highest BCUT2D eigenvalue weighted by Gasteiger charge is 2.20. The highest BCUT2D eigenvalue weighted by atomic mass is 16.5. The van der Waals surface area contributed by atoms with Crippen LogP contribution in [0.1, 0.15) is 34.7 Å². The summed E-state index contributed by atoms with van der Waals surface area (Å²) in [6, 6.07) is 2.36. The number of likely N-dealkylation sites (tertiary alicyclic amines) is 1. The number of carbonyl (C=O) groups excluding carboxylic acids is 1. The Kier molecular flexibility index (Phi) is 4.61. The van der Waals surface area contributed by atoms with Crippen LogP contribution in [-0.2, 0) is 11.3 Å².